The molecule has 0 aliphatic heterocycles. The molecule has 0 spiro atoms. The van der Waals surface area contributed by atoms with Crippen LogP contribution in [0.25, 0.3) is 0 Å². The van der Waals surface area contributed by atoms with E-state index in [1.807, 2.05) is 24.4 Å². The van der Waals surface area contributed by atoms with Crippen LogP contribution >= 0.6 is 11.3 Å². The van der Waals surface area contributed by atoms with E-state index in [-0.39, 0.29) is 5.91 Å². The SMILES string of the molecule is O=C(NCCc1ncc(Cc2ccccc2)s1)c1cccc(F)c1. The minimum Gasteiger partial charge on any atom is -0.352 e. The zero-order valence-electron chi connectivity index (χ0n) is 13.0. The van der Waals surface area contributed by atoms with Crippen molar-refractivity contribution in [3.05, 3.63) is 87.6 Å². The van der Waals surface area contributed by atoms with Crippen molar-refractivity contribution in [3.8, 4) is 0 Å². The molecule has 0 saturated heterocycles. The lowest BCUT2D eigenvalue weighted by Gasteiger charge is -2.03. The second-order valence-corrected chi connectivity index (χ2v) is 6.60. The second kappa shape index (κ2) is 7.84. The summed E-state index contributed by atoms with van der Waals surface area (Å²) in [5.41, 5.74) is 1.59. The Hall–Kier alpha value is -2.53. The van der Waals surface area contributed by atoms with Crippen LogP contribution in [0, 0.1) is 5.82 Å². The van der Waals surface area contributed by atoms with Gasteiger partial charge in [-0.05, 0) is 23.8 Å². The van der Waals surface area contributed by atoms with E-state index in [9.17, 15) is 9.18 Å². The summed E-state index contributed by atoms with van der Waals surface area (Å²) in [7, 11) is 0. The van der Waals surface area contributed by atoms with Crippen molar-refractivity contribution >= 4 is 17.2 Å². The highest BCUT2D eigenvalue weighted by atomic mass is 32.1. The van der Waals surface area contributed by atoms with Crippen molar-refractivity contribution in [2.75, 3.05) is 6.54 Å². The normalized spacial score (nSPS) is 10.5. The average molecular weight is 340 g/mol. The quantitative estimate of drug-likeness (QED) is 0.741. The Morgan fingerprint density at radius 3 is 2.75 bits per heavy atom. The van der Waals surface area contributed by atoms with Crippen molar-refractivity contribution in [3.63, 3.8) is 0 Å². The van der Waals surface area contributed by atoms with Crippen molar-refractivity contribution in [1.82, 2.24) is 10.3 Å². The second-order valence-electron chi connectivity index (χ2n) is 5.40. The van der Waals surface area contributed by atoms with E-state index in [1.165, 1.54) is 28.6 Å². The van der Waals surface area contributed by atoms with Crippen LogP contribution in [0.4, 0.5) is 4.39 Å². The highest BCUT2D eigenvalue weighted by Crippen LogP contribution is 2.17. The Bertz CT molecular complexity index is 817. The number of halogens is 1. The van der Waals surface area contributed by atoms with Crippen LogP contribution in [-0.2, 0) is 12.8 Å². The molecule has 0 bridgehead atoms. The number of thiazole rings is 1. The van der Waals surface area contributed by atoms with Crippen LogP contribution < -0.4 is 5.32 Å². The molecule has 0 aliphatic carbocycles. The van der Waals surface area contributed by atoms with Gasteiger partial charge in [0, 0.05) is 36.0 Å². The van der Waals surface area contributed by atoms with Crippen LogP contribution in [0.2, 0.25) is 0 Å². The van der Waals surface area contributed by atoms with Crippen molar-refractivity contribution in [2.24, 2.45) is 0 Å². The number of rotatable bonds is 6. The van der Waals surface area contributed by atoms with E-state index >= 15 is 0 Å². The number of hydrogen-bond donors (Lipinski definition) is 1. The first-order valence-electron chi connectivity index (χ1n) is 7.72. The summed E-state index contributed by atoms with van der Waals surface area (Å²) in [5.74, 6) is -0.677. The Kier molecular flexibility index (Phi) is 5.33. The largest absolute Gasteiger partial charge is 0.352 e. The maximum Gasteiger partial charge on any atom is 0.251 e. The van der Waals surface area contributed by atoms with Gasteiger partial charge in [0.1, 0.15) is 5.82 Å². The molecule has 24 heavy (non-hydrogen) atoms. The average Bonchev–Trinajstić information content (AvgIpc) is 3.03. The van der Waals surface area contributed by atoms with E-state index in [4.69, 9.17) is 0 Å². The Morgan fingerprint density at radius 1 is 1.12 bits per heavy atom. The summed E-state index contributed by atoms with van der Waals surface area (Å²) in [4.78, 5) is 17.5. The summed E-state index contributed by atoms with van der Waals surface area (Å²) in [6, 6.07) is 15.9. The fourth-order valence-corrected chi connectivity index (χ4v) is 3.31. The Morgan fingerprint density at radius 2 is 1.96 bits per heavy atom. The topological polar surface area (TPSA) is 42.0 Å². The van der Waals surface area contributed by atoms with Crippen molar-refractivity contribution in [1.29, 1.82) is 0 Å². The summed E-state index contributed by atoms with van der Waals surface area (Å²) in [5, 5.41) is 3.78. The van der Waals surface area contributed by atoms with Gasteiger partial charge in [-0.25, -0.2) is 9.37 Å². The van der Waals surface area contributed by atoms with Gasteiger partial charge in [-0.1, -0.05) is 36.4 Å². The monoisotopic (exact) mass is 340 g/mol. The summed E-state index contributed by atoms with van der Waals surface area (Å²) in [6.07, 6.45) is 3.43. The molecule has 2 aromatic carbocycles. The lowest BCUT2D eigenvalue weighted by Crippen LogP contribution is -2.25. The highest BCUT2D eigenvalue weighted by Gasteiger charge is 2.07. The van der Waals surface area contributed by atoms with E-state index < -0.39 is 5.82 Å². The fraction of sp³-hybridized carbons (Fsp3) is 0.158. The van der Waals surface area contributed by atoms with E-state index in [0.29, 0.717) is 18.5 Å². The predicted molar refractivity (Wildman–Crippen MR) is 93.8 cm³/mol. The molecule has 122 valence electrons. The predicted octanol–water partition coefficient (Wildman–Crippen LogP) is 3.85. The molecule has 1 amide bonds. The van der Waals surface area contributed by atoms with Gasteiger partial charge in [0.05, 0.1) is 5.01 Å². The molecule has 0 atom stereocenters. The molecule has 1 aromatic heterocycles. The zero-order valence-corrected chi connectivity index (χ0v) is 13.9. The standard InChI is InChI=1S/C19H17FN2OS/c20-16-8-4-7-15(12-16)19(23)21-10-9-18-22-13-17(24-18)11-14-5-2-1-3-6-14/h1-8,12-13H,9-11H2,(H,21,23). The van der Waals surface area contributed by atoms with Gasteiger partial charge in [0.25, 0.3) is 5.91 Å². The van der Waals surface area contributed by atoms with E-state index in [1.54, 1.807) is 17.4 Å². The van der Waals surface area contributed by atoms with Gasteiger partial charge in [0.2, 0.25) is 0 Å². The third kappa shape index (κ3) is 4.49. The molecule has 0 radical (unpaired) electrons. The number of nitrogens with zero attached hydrogens (tertiary/aromatic N) is 1. The summed E-state index contributed by atoms with van der Waals surface area (Å²) >= 11 is 1.66. The van der Waals surface area contributed by atoms with Crippen molar-refractivity contribution in [2.45, 2.75) is 12.8 Å². The lowest BCUT2D eigenvalue weighted by molar-refractivity contribution is 0.0953. The van der Waals surface area contributed by atoms with Crippen LogP contribution in [0.3, 0.4) is 0 Å². The van der Waals surface area contributed by atoms with E-state index in [2.05, 4.69) is 22.4 Å². The Balaban J connectivity index is 1.50. The molecule has 1 heterocycles. The molecular weight excluding hydrogens is 323 g/mol. The molecule has 5 heteroatoms. The Labute approximate surface area is 144 Å². The first-order valence-corrected chi connectivity index (χ1v) is 8.53. The van der Waals surface area contributed by atoms with Gasteiger partial charge in [-0.2, -0.15) is 0 Å². The van der Waals surface area contributed by atoms with Gasteiger partial charge in [-0.15, -0.1) is 11.3 Å². The molecule has 0 saturated carbocycles. The van der Waals surface area contributed by atoms with Crippen LogP contribution in [-0.4, -0.2) is 17.4 Å². The number of benzene rings is 2. The van der Waals surface area contributed by atoms with Crippen molar-refractivity contribution < 1.29 is 9.18 Å². The molecule has 3 aromatic rings. The van der Waals surface area contributed by atoms with E-state index in [0.717, 1.165) is 11.4 Å². The molecule has 1 N–H and O–H groups in total. The van der Waals surface area contributed by atoms with Crippen LogP contribution in [0.1, 0.15) is 25.8 Å². The maximum absolute atomic E-state index is 13.1. The molecule has 3 rings (SSSR count). The van der Waals surface area contributed by atoms with Gasteiger partial charge < -0.3 is 5.32 Å². The lowest BCUT2D eigenvalue weighted by atomic mass is 10.1. The molecular formula is C19H17FN2OS. The maximum atomic E-state index is 13.1. The summed E-state index contributed by atoms with van der Waals surface area (Å²) in [6.45, 7) is 0.480. The number of carbonyl (C=O) groups is 1. The molecule has 0 fully saturated rings. The fourth-order valence-electron chi connectivity index (χ4n) is 2.36. The number of carbonyl (C=O) groups excluding carboxylic acids is 1. The first kappa shape index (κ1) is 16.3. The van der Waals surface area contributed by atoms with Crippen LogP contribution in [0.5, 0.6) is 0 Å². The third-order valence-corrected chi connectivity index (χ3v) is 4.59. The number of nitrogens with one attached hydrogen (secondary N) is 1. The minimum atomic E-state index is -0.409. The zero-order chi connectivity index (χ0) is 16.8. The molecule has 3 nitrogen and oxygen atoms in total. The smallest absolute Gasteiger partial charge is 0.251 e. The number of amides is 1. The van der Waals surface area contributed by atoms with Crippen LogP contribution in [0.15, 0.2) is 60.8 Å². The van der Waals surface area contributed by atoms with Gasteiger partial charge >= 0.3 is 0 Å². The first-order chi connectivity index (χ1) is 11.7. The third-order valence-electron chi connectivity index (χ3n) is 3.53. The van der Waals surface area contributed by atoms with Gasteiger partial charge in [0.15, 0.2) is 0 Å². The molecule has 0 aliphatic rings. The summed E-state index contributed by atoms with van der Waals surface area (Å²) < 4.78 is 13.1. The van der Waals surface area contributed by atoms with Gasteiger partial charge in [-0.3, -0.25) is 4.79 Å². The number of hydrogen-bond acceptors (Lipinski definition) is 3. The highest BCUT2D eigenvalue weighted by molar-refractivity contribution is 7.11. The minimum absolute atomic E-state index is 0.268. The number of aromatic nitrogens is 1. The molecule has 0 unspecified atom stereocenters.